The topological polar surface area (TPSA) is 92.8 Å². The maximum absolute atomic E-state index is 12.4. The third kappa shape index (κ3) is 4.06. The minimum atomic E-state index is -0.626. The van der Waals surface area contributed by atoms with Crippen LogP contribution in [0.25, 0.3) is 0 Å². The van der Waals surface area contributed by atoms with Gasteiger partial charge in [0.1, 0.15) is 6.04 Å². The Morgan fingerprint density at radius 2 is 2.00 bits per heavy atom. The molecule has 2 amide bonds. The zero-order valence-electron chi connectivity index (χ0n) is 16.2. The van der Waals surface area contributed by atoms with E-state index in [1.807, 2.05) is 13.8 Å². The van der Waals surface area contributed by atoms with E-state index in [9.17, 15) is 19.2 Å². The van der Waals surface area contributed by atoms with E-state index in [2.05, 4.69) is 5.32 Å². The second-order valence-electron chi connectivity index (χ2n) is 7.34. The number of hydrogen-bond acceptors (Lipinski definition) is 6. The number of amides is 2. The number of benzene rings is 1. The van der Waals surface area contributed by atoms with Crippen LogP contribution in [-0.2, 0) is 19.1 Å². The predicted octanol–water partition coefficient (Wildman–Crippen LogP) is 2.06. The Hall–Kier alpha value is -2.35. The number of ketones is 1. The fraction of sp³-hybridized carbons (Fsp3) is 0.500. The molecule has 1 aromatic rings. The molecule has 0 spiro atoms. The summed E-state index contributed by atoms with van der Waals surface area (Å²) in [6.45, 7) is 4.90. The number of nitrogens with one attached hydrogen (secondary N) is 1. The van der Waals surface area contributed by atoms with Crippen molar-refractivity contribution in [2.24, 2.45) is 0 Å². The normalized spacial score (nSPS) is 24.6. The molecule has 8 heteroatoms. The number of thioether (sulfide) groups is 1. The molecular formula is C20H24N2O5S. The third-order valence-electron chi connectivity index (χ3n) is 5.21. The van der Waals surface area contributed by atoms with Crippen molar-refractivity contribution in [3.8, 4) is 0 Å². The van der Waals surface area contributed by atoms with Gasteiger partial charge in [0.25, 0.3) is 0 Å². The Labute approximate surface area is 168 Å². The standard InChI is InChI=1S/C20H24N2O5S/c1-12(21-13(2)23)14-4-6-15(7-5-14)17(24)10-27-19(26)16-11-28-20(3)9-8-18(25)22(16)20/h4-7,12,16H,8-11H2,1-3H3,(H,21,23)/t12-,16+,20-/m0/s1. The van der Waals surface area contributed by atoms with Gasteiger partial charge in [-0.1, -0.05) is 24.3 Å². The van der Waals surface area contributed by atoms with Crippen LogP contribution in [-0.4, -0.2) is 51.7 Å². The van der Waals surface area contributed by atoms with Crippen LogP contribution >= 0.6 is 11.8 Å². The quantitative estimate of drug-likeness (QED) is 0.576. The summed E-state index contributed by atoms with van der Waals surface area (Å²) < 4.78 is 5.22. The van der Waals surface area contributed by atoms with E-state index in [0.717, 1.165) is 12.0 Å². The Kier molecular flexibility index (Phi) is 5.79. The smallest absolute Gasteiger partial charge is 0.330 e. The lowest BCUT2D eigenvalue weighted by Crippen LogP contribution is -2.46. The van der Waals surface area contributed by atoms with Crippen LogP contribution < -0.4 is 5.32 Å². The summed E-state index contributed by atoms with van der Waals surface area (Å²) in [6, 6.07) is 6.03. The highest BCUT2D eigenvalue weighted by Gasteiger charge is 2.53. The number of Topliss-reactive ketones (excluding diaryl/α,β-unsaturated/α-hetero) is 1. The van der Waals surface area contributed by atoms with E-state index < -0.39 is 12.0 Å². The molecule has 2 fully saturated rings. The Balaban J connectivity index is 1.56. The van der Waals surface area contributed by atoms with Gasteiger partial charge >= 0.3 is 5.97 Å². The van der Waals surface area contributed by atoms with Gasteiger partial charge in [-0.3, -0.25) is 14.4 Å². The van der Waals surface area contributed by atoms with Crippen LogP contribution in [0.3, 0.4) is 0 Å². The number of ether oxygens (including phenoxy) is 1. The SMILES string of the molecule is CC(=O)N[C@@H](C)c1ccc(C(=O)COC(=O)[C@H]2CS[C@@]3(C)CCC(=O)N23)cc1. The average molecular weight is 404 g/mol. The van der Waals surface area contributed by atoms with Gasteiger partial charge in [0.2, 0.25) is 11.8 Å². The summed E-state index contributed by atoms with van der Waals surface area (Å²) in [4.78, 5) is 49.3. The van der Waals surface area contributed by atoms with Crippen molar-refractivity contribution in [2.75, 3.05) is 12.4 Å². The minimum Gasteiger partial charge on any atom is -0.456 e. The van der Waals surface area contributed by atoms with Crippen LogP contribution in [0.5, 0.6) is 0 Å². The van der Waals surface area contributed by atoms with E-state index in [0.29, 0.717) is 17.7 Å². The second-order valence-corrected chi connectivity index (χ2v) is 8.84. The number of carbonyl (C=O) groups is 4. The Morgan fingerprint density at radius 1 is 1.32 bits per heavy atom. The molecular weight excluding hydrogens is 380 g/mol. The Morgan fingerprint density at radius 3 is 2.64 bits per heavy atom. The summed E-state index contributed by atoms with van der Waals surface area (Å²) in [5.74, 6) is -0.517. The lowest BCUT2D eigenvalue weighted by atomic mass is 10.0. The molecule has 3 atom stereocenters. The van der Waals surface area contributed by atoms with E-state index in [4.69, 9.17) is 4.74 Å². The predicted molar refractivity (Wildman–Crippen MR) is 105 cm³/mol. The van der Waals surface area contributed by atoms with E-state index >= 15 is 0 Å². The van der Waals surface area contributed by atoms with Crippen molar-refractivity contribution in [2.45, 2.75) is 50.6 Å². The number of carbonyl (C=O) groups excluding carboxylic acids is 4. The van der Waals surface area contributed by atoms with Crippen molar-refractivity contribution in [3.05, 3.63) is 35.4 Å². The summed E-state index contributed by atoms with van der Waals surface area (Å²) in [5, 5.41) is 2.78. The van der Waals surface area contributed by atoms with Gasteiger partial charge in [0.15, 0.2) is 12.4 Å². The van der Waals surface area contributed by atoms with Crippen LogP contribution in [0.15, 0.2) is 24.3 Å². The molecule has 1 N–H and O–H groups in total. The number of esters is 1. The maximum Gasteiger partial charge on any atom is 0.330 e. The van der Waals surface area contributed by atoms with Crippen LogP contribution in [0.4, 0.5) is 0 Å². The molecule has 2 aliphatic heterocycles. The lowest BCUT2D eigenvalue weighted by Gasteiger charge is -2.29. The first kappa shape index (κ1) is 20.4. The molecule has 7 nitrogen and oxygen atoms in total. The molecule has 0 unspecified atom stereocenters. The number of hydrogen-bond donors (Lipinski definition) is 1. The highest BCUT2D eigenvalue weighted by Crippen LogP contribution is 2.47. The fourth-order valence-electron chi connectivity index (χ4n) is 3.66. The fourth-order valence-corrected chi connectivity index (χ4v) is 5.07. The molecule has 0 aliphatic carbocycles. The molecule has 1 aromatic carbocycles. The molecule has 0 radical (unpaired) electrons. The molecule has 2 saturated heterocycles. The van der Waals surface area contributed by atoms with Gasteiger partial charge in [0.05, 0.1) is 10.9 Å². The van der Waals surface area contributed by atoms with Crippen LogP contribution in [0.1, 0.15) is 55.6 Å². The first-order valence-corrected chi connectivity index (χ1v) is 10.2. The van der Waals surface area contributed by atoms with Gasteiger partial charge in [-0.25, -0.2) is 4.79 Å². The van der Waals surface area contributed by atoms with E-state index in [1.165, 1.54) is 6.92 Å². The second kappa shape index (κ2) is 7.95. The van der Waals surface area contributed by atoms with Crippen molar-refractivity contribution in [3.63, 3.8) is 0 Å². The summed E-state index contributed by atoms with van der Waals surface area (Å²) in [5.41, 5.74) is 1.30. The minimum absolute atomic E-state index is 0.0374. The van der Waals surface area contributed by atoms with Crippen molar-refractivity contribution in [1.82, 2.24) is 10.2 Å². The van der Waals surface area contributed by atoms with Crippen molar-refractivity contribution in [1.29, 1.82) is 0 Å². The molecule has 28 heavy (non-hydrogen) atoms. The lowest BCUT2D eigenvalue weighted by molar-refractivity contribution is -0.152. The molecule has 3 rings (SSSR count). The van der Waals surface area contributed by atoms with E-state index in [-0.39, 0.29) is 35.1 Å². The maximum atomic E-state index is 12.4. The summed E-state index contributed by atoms with van der Waals surface area (Å²) in [7, 11) is 0. The third-order valence-corrected chi connectivity index (χ3v) is 6.72. The molecule has 0 bridgehead atoms. The summed E-state index contributed by atoms with van der Waals surface area (Å²) in [6.07, 6.45) is 1.16. The number of fused-ring (bicyclic) bond motifs is 1. The largest absolute Gasteiger partial charge is 0.456 e. The van der Waals surface area contributed by atoms with Crippen LogP contribution in [0, 0.1) is 0 Å². The van der Waals surface area contributed by atoms with Gasteiger partial charge in [-0.2, -0.15) is 0 Å². The molecule has 2 heterocycles. The first-order valence-electron chi connectivity index (χ1n) is 9.24. The highest BCUT2D eigenvalue weighted by atomic mass is 32.2. The number of rotatable bonds is 6. The average Bonchev–Trinajstić information content (AvgIpc) is 3.15. The van der Waals surface area contributed by atoms with Gasteiger partial charge in [-0.15, -0.1) is 11.8 Å². The molecule has 150 valence electrons. The van der Waals surface area contributed by atoms with Crippen LogP contribution in [0.2, 0.25) is 0 Å². The summed E-state index contributed by atoms with van der Waals surface area (Å²) >= 11 is 1.58. The zero-order valence-corrected chi connectivity index (χ0v) is 17.0. The number of nitrogens with zero attached hydrogens (tertiary/aromatic N) is 1. The molecule has 0 aromatic heterocycles. The van der Waals surface area contributed by atoms with Crippen molar-refractivity contribution < 1.29 is 23.9 Å². The van der Waals surface area contributed by atoms with Gasteiger partial charge in [-0.05, 0) is 25.8 Å². The molecule has 2 aliphatic rings. The first-order chi connectivity index (χ1) is 13.2. The van der Waals surface area contributed by atoms with E-state index in [1.54, 1.807) is 40.9 Å². The highest BCUT2D eigenvalue weighted by molar-refractivity contribution is 8.01. The monoisotopic (exact) mass is 404 g/mol. The zero-order chi connectivity index (χ0) is 20.5. The van der Waals surface area contributed by atoms with Gasteiger partial charge < -0.3 is 15.0 Å². The van der Waals surface area contributed by atoms with Gasteiger partial charge in [0, 0.05) is 24.7 Å². The Bertz CT molecular complexity index is 809. The molecule has 0 saturated carbocycles. The van der Waals surface area contributed by atoms with Crippen molar-refractivity contribution >= 4 is 35.3 Å².